The Labute approximate surface area is 112 Å². The lowest BCUT2D eigenvalue weighted by Gasteiger charge is -2.09. The summed E-state index contributed by atoms with van der Waals surface area (Å²) < 4.78 is 39.6. The lowest BCUT2D eigenvalue weighted by molar-refractivity contribution is -0.174. The van der Waals surface area contributed by atoms with Crippen molar-refractivity contribution >= 4 is 28.8 Å². The van der Waals surface area contributed by atoms with Crippen LogP contribution in [0.5, 0.6) is 0 Å². The van der Waals surface area contributed by atoms with E-state index in [1.54, 1.807) is 18.2 Å². The smallest absolute Gasteiger partial charge is 0.389 e. The first kappa shape index (κ1) is 15.4. The molecule has 0 fully saturated rings. The van der Waals surface area contributed by atoms with Gasteiger partial charge in [-0.25, -0.2) is 0 Å². The van der Waals surface area contributed by atoms with Gasteiger partial charge in [0.25, 0.3) is 0 Å². The molecule has 1 aromatic carbocycles. The molecule has 1 aromatic rings. The van der Waals surface area contributed by atoms with Gasteiger partial charge in [-0.1, -0.05) is 24.4 Å². The van der Waals surface area contributed by atoms with Crippen molar-refractivity contribution in [3.63, 3.8) is 0 Å². The van der Waals surface area contributed by atoms with Gasteiger partial charge in [0.05, 0.1) is 0 Å². The molecule has 4 nitrogen and oxygen atoms in total. The molecule has 0 heterocycles. The van der Waals surface area contributed by atoms with E-state index in [1.165, 1.54) is 6.07 Å². The Bertz CT molecular complexity index is 477. The lowest BCUT2D eigenvalue weighted by Crippen LogP contribution is -2.24. The fourth-order valence-electron chi connectivity index (χ4n) is 1.21. The molecule has 0 atom stereocenters. The zero-order valence-electron chi connectivity index (χ0n) is 9.66. The molecule has 0 aliphatic carbocycles. The maximum absolute atomic E-state index is 11.8. The number of thiocarbonyl (C=S) groups is 1. The third-order valence-electron chi connectivity index (χ3n) is 1.93. The minimum Gasteiger partial charge on any atom is -0.389 e. The van der Waals surface area contributed by atoms with E-state index in [2.05, 4.69) is 10.1 Å². The van der Waals surface area contributed by atoms with Crippen molar-refractivity contribution in [3.8, 4) is 0 Å². The number of nitrogens with one attached hydrogen (secondary N) is 1. The van der Waals surface area contributed by atoms with Gasteiger partial charge in [-0.15, -0.1) is 0 Å². The Morgan fingerprint density at radius 1 is 1.42 bits per heavy atom. The normalized spacial score (nSPS) is 11.1. The molecule has 0 aliphatic rings. The molecular weight excluding hydrogens is 281 g/mol. The van der Waals surface area contributed by atoms with Crippen LogP contribution in [0.1, 0.15) is 5.56 Å². The van der Waals surface area contributed by atoms with Crippen LogP contribution in [-0.4, -0.2) is 30.3 Å². The Kier molecular flexibility index (Phi) is 5.25. The highest BCUT2D eigenvalue weighted by Gasteiger charge is 2.27. The number of rotatable bonds is 5. The number of benzene rings is 1. The van der Waals surface area contributed by atoms with E-state index in [9.17, 15) is 18.0 Å². The molecule has 1 rings (SSSR count). The zero-order valence-corrected chi connectivity index (χ0v) is 10.5. The van der Waals surface area contributed by atoms with Crippen molar-refractivity contribution in [2.75, 3.05) is 18.5 Å². The van der Waals surface area contributed by atoms with Gasteiger partial charge in [0.15, 0.2) is 0 Å². The second-order valence-electron chi connectivity index (χ2n) is 3.60. The van der Waals surface area contributed by atoms with E-state index in [1.807, 2.05) is 0 Å². The predicted molar refractivity (Wildman–Crippen MR) is 67.8 cm³/mol. The fourth-order valence-corrected chi connectivity index (χ4v) is 1.33. The predicted octanol–water partition coefficient (Wildman–Crippen LogP) is 1.84. The highest BCUT2D eigenvalue weighted by Crippen LogP contribution is 2.14. The van der Waals surface area contributed by atoms with Crippen LogP contribution in [0.3, 0.4) is 0 Å². The van der Waals surface area contributed by atoms with Gasteiger partial charge >= 0.3 is 6.18 Å². The number of halogens is 3. The lowest BCUT2D eigenvalue weighted by atomic mass is 10.2. The number of carbonyl (C=O) groups excluding carboxylic acids is 1. The summed E-state index contributed by atoms with van der Waals surface area (Å²) in [5.41, 5.74) is 6.34. The number of nitrogens with two attached hydrogens (primary N) is 1. The van der Waals surface area contributed by atoms with Crippen molar-refractivity contribution in [2.45, 2.75) is 6.18 Å². The average molecular weight is 292 g/mol. The van der Waals surface area contributed by atoms with E-state index in [0.717, 1.165) is 0 Å². The first-order valence-electron chi connectivity index (χ1n) is 5.12. The third kappa shape index (κ3) is 6.16. The summed E-state index contributed by atoms with van der Waals surface area (Å²) in [6.07, 6.45) is -4.45. The SMILES string of the molecule is NC(=S)c1cccc(NC(=O)COCC(F)(F)F)c1. The molecule has 0 aliphatic heterocycles. The molecule has 1 amide bonds. The highest BCUT2D eigenvalue weighted by molar-refractivity contribution is 7.80. The zero-order chi connectivity index (χ0) is 14.5. The van der Waals surface area contributed by atoms with Crippen molar-refractivity contribution in [2.24, 2.45) is 5.73 Å². The van der Waals surface area contributed by atoms with Crippen molar-refractivity contribution < 1.29 is 22.7 Å². The van der Waals surface area contributed by atoms with E-state index < -0.39 is 25.3 Å². The van der Waals surface area contributed by atoms with Gasteiger partial charge in [-0.2, -0.15) is 13.2 Å². The quantitative estimate of drug-likeness (QED) is 0.813. The minimum atomic E-state index is -4.45. The summed E-state index contributed by atoms with van der Waals surface area (Å²) in [5, 5.41) is 2.38. The summed E-state index contributed by atoms with van der Waals surface area (Å²) in [5.74, 6) is -0.690. The van der Waals surface area contributed by atoms with Crippen LogP contribution in [0, 0.1) is 0 Å². The molecular formula is C11H11F3N2O2S. The fraction of sp³-hybridized carbons (Fsp3) is 0.273. The summed E-state index contributed by atoms with van der Waals surface area (Å²) in [4.78, 5) is 11.5. The Morgan fingerprint density at radius 3 is 2.68 bits per heavy atom. The van der Waals surface area contributed by atoms with E-state index in [-0.39, 0.29) is 4.99 Å². The van der Waals surface area contributed by atoms with Gasteiger partial charge in [0, 0.05) is 11.3 Å². The molecule has 0 saturated heterocycles. The van der Waals surface area contributed by atoms with Crippen LogP contribution in [0.2, 0.25) is 0 Å². The van der Waals surface area contributed by atoms with Crippen LogP contribution in [0.25, 0.3) is 0 Å². The monoisotopic (exact) mass is 292 g/mol. The standard InChI is InChI=1S/C11H11F3N2O2S/c12-11(13,14)6-18-5-9(17)16-8-3-1-2-7(4-8)10(15)19/h1-4H,5-6H2,(H2,15,19)(H,16,17). The second-order valence-corrected chi connectivity index (χ2v) is 4.04. The van der Waals surface area contributed by atoms with Crippen LogP contribution in [0.15, 0.2) is 24.3 Å². The summed E-state index contributed by atoms with van der Waals surface area (Å²) in [7, 11) is 0. The van der Waals surface area contributed by atoms with Crippen LogP contribution in [0.4, 0.5) is 18.9 Å². The maximum atomic E-state index is 11.8. The summed E-state index contributed by atoms with van der Waals surface area (Å²) in [6.45, 7) is -2.15. The number of ether oxygens (including phenoxy) is 1. The topological polar surface area (TPSA) is 64.3 Å². The maximum Gasteiger partial charge on any atom is 0.411 e. The Hall–Kier alpha value is -1.67. The largest absolute Gasteiger partial charge is 0.411 e. The minimum absolute atomic E-state index is 0.157. The van der Waals surface area contributed by atoms with Crippen molar-refractivity contribution in [3.05, 3.63) is 29.8 Å². The number of hydrogen-bond acceptors (Lipinski definition) is 3. The number of hydrogen-bond donors (Lipinski definition) is 2. The van der Waals surface area contributed by atoms with Gasteiger partial charge in [-0.05, 0) is 12.1 Å². The van der Waals surface area contributed by atoms with E-state index >= 15 is 0 Å². The molecule has 3 N–H and O–H groups in total. The number of alkyl halides is 3. The molecule has 0 aromatic heterocycles. The van der Waals surface area contributed by atoms with E-state index in [4.69, 9.17) is 18.0 Å². The Balaban J connectivity index is 2.48. The first-order valence-corrected chi connectivity index (χ1v) is 5.53. The first-order chi connectivity index (χ1) is 8.78. The number of carbonyl (C=O) groups is 1. The van der Waals surface area contributed by atoms with Gasteiger partial charge in [0.1, 0.15) is 18.2 Å². The molecule has 0 radical (unpaired) electrons. The van der Waals surface area contributed by atoms with Gasteiger partial charge < -0.3 is 15.8 Å². The van der Waals surface area contributed by atoms with Crippen molar-refractivity contribution in [1.29, 1.82) is 0 Å². The molecule has 0 unspecified atom stereocenters. The molecule has 0 bridgehead atoms. The molecule has 0 spiro atoms. The van der Waals surface area contributed by atoms with Crippen LogP contribution < -0.4 is 11.1 Å². The number of anilines is 1. The van der Waals surface area contributed by atoms with Gasteiger partial charge in [-0.3, -0.25) is 4.79 Å². The summed E-state index contributed by atoms with van der Waals surface area (Å²) >= 11 is 4.76. The molecule has 0 saturated carbocycles. The summed E-state index contributed by atoms with van der Waals surface area (Å²) in [6, 6.07) is 6.34. The molecule has 8 heteroatoms. The molecule has 104 valence electrons. The van der Waals surface area contributed by atoms with Gasteiger partial charge in [0.2, 0.25) is 5.91 Å². The Morgan fingerprint density at radius 2 is 2.11 bits per heavy atom. The molecule has 19 heavy (non-hydrogen) atoms. The van der Waals surface area contributed by atoms with E-state index in [0.29, 0.717) is 11.3 Å². The number of amides is 1. The highest BCUT2D eigenvalue weighted by atomic mass is 32.1. The average Bonchev–Trinajstić information content (AvgIpc) is 2.27. The van der Waals surface area contributed by atoms with Crippen LogP contribution >= 0.6 is 12.2 Å². The third-order valence-corrected chi connectivity index (χ3v) is 2.17. The van der Waals surface area contributed by atoms with Crippen LogP contribution in [-0.2, 0) is 9.53 Å². The second kappa shape index (κ2) is 6.48. The van der Waals surface area contributed by atoms with Crippen molar-refractivity contribution in [1.82, 2.24) is 0 Å².